The standard InChI is InChI=1S/C30H26F3N3O4S/c31-22-9-15(13-34)10-24-26(22)35-28(41-24)30(37)17-7-8-18(30)12-19(11-17)38-14-21-25(36-40-27(21)16-5-6-16)20-3-1-2-4-23(20)39-29(32)33/h1-4,9-10,16-19,29,37H,5-8,11-12,14H2. The third-order valence-electron chi connectivity index (χ3n) is 8.71. The van der Waals surface area contributed by atoms with Crippen molar-refractivity contribution < 1.29 is 32.3 Å². The second-order valence-corrected chi connectivity index (χ2v) is 12.2. The molecule has 3 fully saturated rings. The van der Waals surface area contributed by atoms with Gasteiger partial charge in [0.1, 0.15) is 33.3 Å². The van der Waals surface area contributed by atoms with Crippen molar-refractivity contribution in [1.82, 2.24) is 10.1 Å². The number of hydrogen-bond donors (Lipinski definition) is 1. The number of halogens is 3. The molecule has 0 amide bonds. The first-order valence-electron chi connectivity index (χ1n) is 13.7. The van der Waals surface area contributed by atoms with E-state index < -0.39 is 18.0 Å². The van der Waals surface area contributed by atoms with E-state index in [0.29, 0.717) is 33.8 Å². The SMILES string of the molecule is N#Cc1cc(F)c2nc(C3(O)C4CCC3CC(OCc3c(-c5ccccc5OC(F)F)noc3C3CC3)C4)sc2c1. The van der Waals surface area contributed by atoms with Gasteiger partial charge in [-0.25, -0.2) is 9.37 Å². The first-order valence-corrected chi connectivity index (χ1v) is 14.5. The minimum atomic E-state index is -2.97. The number of fused-ring (bicyclic) bond motifs is 3. The summed E-state index contributed by atoms with van der Waals surface area (Å²) in [6.07, 6.45) is 4.58. The number of ether oxygens (including phenoxy) is 2. The van der Waals surface area contributed by atoms with Crippen LogP contribution in [0.15, 0.2) is 40.9 Å². The molecule has 11 heteroatoms. The zero-order chi connectivity index (χ0) is 28.3. The molecule has 2 aromatic heterocycles. The number of hydrogen-bond acceptors (Lipinski definition) is 8. The lowest BCUT2D eigenvalue weighted by atomic mass is 9.73. The van der Waals surface area contributed by atoms with Crippen LogP contribution in [0.2, 0.25) is 0 Å². The molecule has 7 rings (SSSR count). The number of thiazole rings is 1. The highest BCUT2D eigenvalue weighted by Gasteiger charge is 2.56. The Morgan fingerprint density at radius 1 is 1.15 bits per heavy atom. The number of rotatable bonds is 8. The van der Waals surface area contributed by atoms with E-state index in [2.05, 4.69) is 10.1 Å². The summed E-state index contributed by atoms with van der Waals surface area (Å²) in [7, 11) is 0. The quantitative estimate of drug-likeness (QED) is 0.238. The van der Waals surface area contributed by atoms with Crippen molar-refractivity contribution in [3.8, 4) is 23.1 Å². The highest BCUT2D eigenvalue weighted by molar-refractivity contribution is 7.18. The summed E-state index contributed by atoms with van der Waals surface area (Å²) in [5, 5.41) is 25.9. The summed E-state index contributed by atoms with van der Waals surface area (Å²) < 4.78 is 58.2. The van der Waals surface area contributed by atoms with E-state index in [1.54, 1.807) is 24.3 Å². The van der Waals surface area contributed by atoms with Crippen molar-refractivity contribution in [2.45, 2.75) is 69.4 Å². The van der Waals surface area contributed by atoms with Gasteiger partial charge in [-0.3, -0.25) is 0 Å². The van der Waals surface area contributed by atoms with Crippen LogP contribution in [0.3, 0.4) is 0 Å². The minimum Gasteiger partial charge on any atom is -0.434 e. The molecule has 1 N–H and O–H groups in total. The van der Waals surface area contributed by atoms with Gasteiger partial charge in [-0.05, 0) is 74.6 Å². The number of nitriles is 1. The Bertz CT molecular complexity index is 1650. The molecule has 0 radical (unpaired) electrons. The van der Waals surface area contributed by atoms with Gasteiger partial charge in [-0.15, -0.1) is 11.3 Å². The predicted octanol–water partition coefficient (Wildman–Crippen LogP) is 7.03. The molecule has 3 saturated carbocycles. The van der Waals surface area contributed by atoms with Crippen LogP contribution in [0, 0.1) is 29.0 Å². The van der Waals surface area contributed by atoms with E-state index >= 15 is 0 Å². The van der Waals surface area contributed by atoms with E-state index in [-0.39, 0.29) is 47.3 Å². The normalized spacial score (nSPS) is 25.6. The smallest absolute Gasteiger partial charge is 0.387 e. The van der Waals surface area contributed by atoms with Crippen LogP contribution in [0.5, 0.6) is 5.75 Å². The molecule has 2 heterocycles. The predicted molar refractivity (Wildman–Crippen MR) is 143 cm³/mol. The first kappa shape index (κ1) is 26.4. The van der Waals surface area contributed by atoms with Crippen LogP contribution >= 0.6 is 11.3 Å². The zero-order valence-electron chi connectivity index (χ0n) is 21.9. The van der Waals surface area contributed by atoms with Crippen LogP contribution in [-0.2, 0) is 16.9 Å². The van der Waals surface area contributed by atoms with Gasteiger partial charge < -0.3 is 19.1 Å². The second-order valence-electron chi connectivity index (χ2n) is 11.2. The largest absolute Gasteiger partial charge is 0.434 e. The number of aromatic nitrogens is 2. The van der Waals surface area contributed by atoms with Gasteiger partial charge in [0.25, 0.3) is 0 Å². The molecule has 2 atom stereocenters. The monoisotopic (exact) mass is 581 g/mol. The third-order valence-corrected chi connectivity index (χ3v) is 9.85. The second kappa shape index (κ2) is 10.1. The van der Waals surface area contributed by atoms with Crippen LogP contribution in [0.25, 0.3) is 21.5 Å². The maximum Gasteiger partial charge on any atom is 0.387 e. The Kier molecular flexibility index (Phi) is 6.52. The molecule has 4 aromatic rings. The van der Waals surface area contributed by atoms with Gasteiger partial charge >= 0.3 is 6.61 Å². The van der Waals surface area contributed by atoms with Gasteiger partial charge in [0.2, 0.25) is 0 Å². The Labute approximate surface area is 237 Å². The molecule has 3 aliphatic rings. The van der Waals surface area contributed by atoms with E-state index in [0.717, 1.165) is 37.0 Å². The molecule has 0 saturated heterocycles. The van der Waals surface area contributed by atoms with E-state index in [4.69, 9.17) is 14.0 Å². The van der Waals surface area contributed by atoms with E-state index in [1.807, 2.05) is 6.07 Å². The van der Waals surface area contributed by atoms with Crippen molar-refractivity contribution in [3.63, 3.8) is 0 Å². The Balaban J connectivity index is 1.13. The van der Waals surface area contributed by atoms with Crippen molar-refractivity contribution in [2.24, 2.45) is 11.8 Å². The van der Waals surface area contributed by atoms with Crippen LogP contribution < -0.4 is 4.74 Å². The van der Waals surface area contributed by atoms with Crippen molar-refractivity contribution >= 4 is 21.6 Å². The molecule has 0 aliphatic heterocycles. The molecule has 2 aromatic carbocycles. The number of aliphatic hydroxyl groups is 1. The molecule has 7 nitrogen and oxygen atoms in total. The summed E-state index contributed by atoms with van der Waals surface area (Å²) in [6.45, 7) is -2.78. The maximum atomic E-state index is 14.6. The zero-order valence-corrected chi connectivity index (χ0v) is 22.7. The maximum absolute atomic E-state index is 14.6. The fourth-order valence-electron chi connectivity index (χ4n) is 6.61. The molecule has 41 heavy (non-hydrogen) atoms. The Morgan fingerprint density at radius 3 is 2.61 bits per heavy atom. The van der Waals surface area contributed by atoms with E-state index in [9.17, 15) is 23.5 Å². The lowest BCUT2D eigenvalue weighted by molar-refractivity contribution is -0.116. The third kappa shape index (κ3) is 4.58. The van der Waals surface area contributed by atoms with Crippen molar-refractivity contribution in [1.29, 1.82) is 5.26 Å². The Hall–Kier alpha value is -3.46. The highest BCUT2D eigenvalue weighted by atomic mass is 32.1. The average Bonchev–Trinajstić information content (AvgIpc) is 3.52. The molecule has 2 unspecified atom stereocenters. The summed E-state index contributed by atoms with van der Waals surface area (Å²) in [4.78, 5) is 4.50. The molecule has 2 bridgehead atoms. The summed E-state index contributed by atoms with van der Waals surface area (Å²) in [5.74, 6) is 0.174. The van der Waals surface area contributed by atoms with Gasteiger partial charge in [-0.1, -0.05) is 17.3 Å². The Morgan fingerprint density at radius 2 is 1.90 bits per heavy atom. The number of alkyl halides is 2. The minimum absolute atomic E-state index is 0.0225. The number of benzene rings is 2. The molecule has 0 spiro atoms. The molecule has 212 valence electrons. The molecule has 3 aliphatic carbocycles. The van der Waals surface area contributed by atoms with Gasteiger partial charge in [0.15, 0.2) is 5.82 Å². The van der Waals surface area contributed by atoms with Crippen LogP contribution in [0.1, 0.15) is 66.3 Å². The molecular weight excluding hydrogens is 555 g/mol. The van der Waals surface area contributed by atoms with Gasteiger partial charge in [0.05, 0.1) is 29.0 Å². The summed E-state index contributed by atoms with van der Waals surface area (Å²) in [6, 6.07) is 11.3. The molecular formula is C30H26F3N3O4S. The number of para-hydroxylation sites is 1. The van der Waals surface area contributed by atoms with E-state index in [1.165, 1.54) is 23.5 Å². The van der Waals surface area contributed by atoms with Crippen molar-refractivity contribution in [2.75, 3.05) is 0 Å². The van der Waals surface area contributed by atoms with Crippen molar-refractivity contribution in [3.05, 3.63) is 64.1 Å². The number of nitrogens with zero attached hydrogens (tertiary/aromatic N) is 3. The lowest BCUT2D eigenvalue weighted by Gasteiger charge is -2.41. The fraction of sp³-hybridized carbons (Fsp3) is 0.433. The van der Waals surface area contributed by atoms with Crippen LogP contribution in [0.4, 0.5) is 13.2 Å². The highest BCUT2D eigenvalue weighted by Crippen LogP contribution is 2.57. The summed E-state index contributed by atoms with van der Waals surface area (Å²) in [5.41, 5.74) is 0.809. The van der Waals surface area contributed by atoms with Gasteiger partial charge in [-0.2, -0.15) is 14.0 Å². The summed E-state index contributed by atoms with van der Waals surface area (Å²) >= 11 is 1.24. The van der Waals surface area contributed by atoms with Gasteiger partial charge in [0, 0.05) is 17.0 Å². The topological polar surface area (TPSA) is 101 Å². The first-order chi connectivity index (χ1) is 19.8. The van der Waals surface area contributed by atoms with Crippen LogP contribution in [-0.4, -0.2) is 28.0 Å². The lowest BCUT2D eigenvalue weighted by Crippen LogP contribution is -2.44. The fourth-order valence-corrected chi connectivity index (χ4v) is 7.88. The average molecular weight is 582 g/mol.